The number of nitrogens with zero attached hydrogens (tertiary/aromatic N) is 3. The Bertz CT molecular complexity index is 971. The SMILES string of the molecule is CCCCCCCCOCC(C)c1cc(-n2nc3ccccc3n2)c(O)c(C(C)(C)C)c1. The molecule has 174 valence electrons. The molecule has 1 atom stereocenters. The fourth-order valence-electron chi connectivity index (χ4n) is 3.96. The average Bonchev–Trinajstić information content (AvgIpc) is 3.18. The van der Waals surface area contributed by atoms with E-state index in [4.69, 9.17) is 4.74 Å². The molecule has 0 aliphatic carbocycles. The Balaban J connectivity index is 1.76. The van der Waals surface area contributed by atoms with Crippen LogP contribution in [0, 0.1) is 0 Å². The molecule has 0 bridgehead atoms. The van der Waals surface area contributed by atoms with Crippen molar-refractivity contribution in [1.29, 1.82) is 0 Å². The van der Waals surface area contributed by atoms with E-state index in [1.807, 2.05) is 30.3 Å². The minimum atomic E-state index is -0.208. The molecule has 0 fully saturated rings. The highest BCUT2D eigenvalue weighted by molar-refractivity contribution is 5.73. The fourth-order valence-corrected chi connectivity index (χ4v) is 3.96. The fraction of sp³-hybridized carbons (Fsp3) is 0.556. The van der Waals surface area contributed by atoms with Crippen LogP contribution < -0.4 is 0 Å². The summed E-state index contributed by atoms with van der Waals surface area (Å²) in [4.78, 5) is 1.56. The van der Waals surface area contributed by atoms with Crippen molar-refractivity contribution in [3.63, 3.8) is 0 Å². The quantitative estimate of drug-likeness (QED) is 0.331. The van der Waals surface area contributed by atoms with E-state index in [9.17, 15) is 5.11 Å². The van der Waals surface area contributed by atoms with Crippen LogP contribution in [-0.2, 0) is 10.2 Å². The zero-order valence-electron chi connectivity index (χ0n) is 20.4. The van der Waals surface area contributed by atoms with Gasteiger partial charge in [-0.05, 0) is 35.6 Å². The van der Waals surface area contributed by atoms with Gasteiger partial charge in [-0.2, -0.15) is 0 Å². The van der Waals surface area contributed by atoms with Gasteiger partial charge in [0.2, 0.25) is 0 Å². The first-order valence-corrected chi connectivity index (χ1v) is 12.1. The topological polar surface area (TPSA) is 60.2 Å². The van der Waals surface area contributed by atoms with Crippen LogP contribution in [0.15, 0.2) is 36.4 Å². The molecule has 0 saturated heterocycles. The van der Waals surface area contributed by atoms with E-state index in [-0.39, 0.29) is 17.1 Å². The molecule has 0 amide bonds. The lowest BCUT2D eigenvalue weighted by Crippen LogP contribution is -2.15. The van der Waals surface area contributed by atoms with Gasteiger partial charge in [-0.15, -0.1) is 15.0 Å². The van der Waals surface area contributed by atoms with Gasteiger partial charge in [-0.3, -0.25) is 0 Å². The summed E-state index contributed by atoms with van der Waals surface area (Å²) in [7, 11) is 0. The van der Waals surface area contributed by atoms with Gasteiger partial charge in [-0.25, -0.2) is 0 Å². The third kappa shape index (κ3) is 6.10. The van der Waals surface area contributed by atoms with Crippen LogP contribution in [-0.4, -0.2) is 33.3 Å². The van der Waals surface area contributed by atoms with Crippen LogP contribution in [0.4, 0.5) is 0 Å². The summed E-state index contributed by atoms with van der Waals surface area (Å²) >= 11 is 0. The van der Waals surface area contributed by atoms with Gasteiger partial charge in [0, 0.05) is 18.1 Å². The van der Waals surface area contributed by atoms with E-state index in [2.05, 4.69) is 50.9 Å². The number of unbranched alkanes of at least 4 members (excludes halogenated alkanes) is 5. The van der Waals surface area contributed by atoms with Crippen molar-refractivity contribution in [2.24, 2.45) is 0 Å². The molecule has 5 nitrogen and oxygen atoms in total. The number of fused-ring (bicyclic) bond motifs is 1. The maximum atomic E-state index is 11.1. The second-order valence-corrected chi connectivity index (χ2v) is 9.91. The van der Waals surface area contributed by atoms with E-state index >= 15 is 0 Å². The summed E-state index contributed by atoms with van der Waals surface area (Å²) in [6, 6.07) is 11.9. The number of benzene rings is 2. The summed E-state index contributed by atoms with van der Waals surface area (Å²) in [5.41, 5.74) is 4.06. The van der Waals surface area contributed by atoms with Crippen LogP contribution in [0.5, 0.6) is 5.75 Å². The number of hydrogen-bond donors (Lipinski definition) is 1. The Kier molecular flexibility index (Phi) is 8.30. The zero-order valence-corrected chi connectivity index (χ0v) is 20.4. The summed E-state index contributed by atoms with van der Waals surface area (Å²) in [5.74, 6) is 0.447. The molecule has 0 radical (unpaired) electrons. The van der Waals surface area contributed by atoms with Crippen molar-refractivity contribution < 1.29 is 9.84 Å². The predicted octanol–water partition coefficient (Wildman–Crippen LogP) is 6.90. The van der Waals surface area contributed by atoms with Gasteiger partial charge < -0.3 is 9.84 Å². The number of aromatic hydroxyl groups is 1. The van der Waals surface area contributed by atoms with Crippen molar-refractivity contribution >= 4 is 11.0 Å². The molecule has 1 unspecified atom stereocenters. The van der Waals surface area contributed by atoms with Crippen molar-refractivity contribution in [2.75, 3.05) is 13.2 Å². The Morgan fingerprint density at radius 2 is 1.59 bits per heavy atom. The Hall–Kier alpha value is -2.40. The second-order valence-electron chi connectivity index (χ2n) is 9.91. The summed E-state index contributed by atoms with van der Waals surface area (Å²) in [6.45, 7) is 12.2. The van der Waals surface area contributed by atoms with Crippen LogP contribution in [0.3, 0.4) is 0 Å². The number of rotatable bonds is 11. The molecule has 0 aliphatic rings. The van der Waals surface area contributed by atoms with Crippen LogP contribution in [0.1, 0.15) is 90.2 Å². The molecule has 0 aliphatic heterocycles. The molecule has 32 heavy (non-hydrogen) atoms. The molecule has 0 spiro atoms. The first-order valence-electron chi connectivity index (χ1n) is 12.1. The second kappa shape index (κ2) is 11.0. The van der Waals surface area contributed by atoms with Gasteiger partial charge in [0.05, 0.1) is 6.61 Å². The van der Waals surface area contributed by atoms with Crippen molar-refractivity contribution in [3.05, 3.63) is 47.5 Å². The number of hydrogen-bond acceptors (Lipinski definition) is 4. The number of phenolic OH excluding ortho intramolecular Hbond substituents is 1. The summed E-state index contributed by atoms with van der Waals surface area (Å²) < 4.78 is 6.01. The lowest BCUT2D eigenvalue weighted by Gasteiger charge is -2.24. The highest BCUT2D eigenvalue weighted by Crippen LogP contribution is 2.38. The first kappa shape index (κ1) is 24.2. The van der Waals surface area contributed by atoms with Gasteiger partial charge in [0.25, 0.3) is 0 Å². The smallest absolute Gasteiger partial charge is 0.146 e. The monoisotopic (exact) mass is 437 g/mol. The predicted molar refractivity (Wildman–Crippen MR) is 132 cm³/mol. The summed E-state index contributed by atoms with van der Waals surface area (Å²) in [6.07, 6.45) is 7.60. The highest BCUT2D eigenvalue weighted by Gasteiger charge is 2.24. The molecular formula is C27H39N3O2. The molecule has 1 aromatic heterocycles. The Labute approximate surface area is 192 Å². The average molecular weight is 438 g/mol. The van der Waals surface area contributed by atoms with Crippen LogP contribution >= 0.6 is 0 Å². The highest BCUT2D eigenvalue weighted by atomic mass is 16.5. The van der Waals surface area contributed by atoms with Gasteiger partial charge in [-0.1, -0.05) is 84.9 Å². The lowest BCUT2D eigenvalue weighted by molar-refractivity contribution is 0.119. The Morgan fingerprint density at radius 1 is 0.969 bits per heavy atom. The normalized spacial score (nSPS) is 13.0. The van der Waals surface area contributed by atoms with Crippen molar-refractivity contribution in [3.8, 4) is 11.4 Å². The van der Waals surface area contributed by atoms with Crippen LogP contribution in [0.25, 0.3) is 16.7 Å². The Morgan fingerprint density at radius 3 is 2.22 bits per heavy atom. The zero-order chi connectivity index (χ0) is 23.1. The van der Waals surface area contributed by atoms with Gasteiger partial charge in [0.15, 0.2) is 0 Å². The van der Waals surface area contributed by atoms with E-state index in [1.54, 1.807) is 4.80 Å². The van der Waals surface area contributed by atoms with Gasteiger partial charge in [0.1, 0.15) is 22.5 Å². The minimum Gasteiger partial charge on any atom is -0.505 e. The molecule has 5 heteroatoms. The standard InChI is InChI=1S/C27H39N3O2/c1-6-7-8-9-10-13-16-32-19-20(2)21-17-22(27(3,4)5)26(31)25(18-21)30-28-23-14-11-12-15-24(23)29-30/h11-12,14-15,17-18,20,31H,6-10,13,16,19H2,1-5H3. The number of aromatic nitrogens is 3. The van der Waals surface area contributed by atoms with E-state index < -0.39 is 0 Å². The minimum absolute atomic E-state index is 0.208. The number of ether oxygens (including phenoxy) is 1. The van der Waals surface area contributed by atoms with Crippen molar-refractivity contribution in [1.82, 2.24) is 15.0 Å². The van der Waals surface area contributed by atoms with Crippen LogP contribution in [0.2, 0.25) is 0 Å². The maximum Gasteiger partial charge on any atom is 0.146 e. The first-order chi connectivity index (χ1) is 15.3. The number of phenols is 1. The van der Waals surface area contributed by atoms with Crippen molar-refractivity contribution in [2.45, 2.75) is 84.5 Å². The maximum absolute atomic E-state index is 11.1. The molecule has 0 saturated carbocycles. The van der Waals surface area contributed by atoms with Gasteiger partial charge >= 0.3 is 0 Å². The summed E-state index contributed by atoms with van der Waals surface area (Å²) in [5, 5.41) is 20.3. The molecule has 3 rings (SSSR count). The molecule has 1 heterocycles. The molecule has 2 aromatic carbocycles. The lowest BCUT2D eigenvalue weighted by atomic mass is 9.83. The van der Waals surface area contributed by atoms with E-state index in [1.165, 1.54) is 32.1 Å². The van der Waals surface area contributed by atoms with E-state index in [0.29, 0.717) is 12.3 Å². The largest absolute Gasteiger partial charge is 0.505 e. The molecule has 1 N–H and O–H groups in total. The third-order valence-electron chi connectivity index (χ3n) is 6.00. The van der Waals surface area contributed by atoms with E-state index in [0.717, 1.165) is 35.2 Å². The molecule has 3 aromatic rings. The third-order valence-corrected chi connectivity index (χ3v) is 6.00. The molecular weight excluding hydrogens is 398 g/mol.